The zero-order valence-corrected chi connectivity index (χ0v) is 23.8. The number of carbonyl (C=O) groups is 1. The Bertz CT molecular complexity index is 1210. The maximum absolute atomic E-state index is 11.5. The van der Waals surface area contributed by atoms with Crippen molar-refractivity contribution in [2.45, 2.75) is 37.2 Å². The number of rotatable bonds is 12. The molecule has 1 aromatic carbocycles. The van der Waals surface area contributed by atoms with Gasteiger partial charge in [-0.1, -0.05) is 12.1 Å². The molecule has 0 amide bonds. The summed E-state index contributed by atoms with van der Waals surface area (Å²) < 4.78 is 6.14. The molecule has 0 radical (unpaired) electrons. The molecule has 10 nitrogen and oxygen atoms in total. The number of nitrogens with one attached hydrogen (secondary N) is 2. The van der Waals surface area contributed by atoms with Crippen LogP contribution in [0.3, 0.4) is 0 Å². The Morgan fingerprint density at radius 1 is 1.16 bits per heavy atom. The number of aromatic amines is 1. The van der Waals surface area contributed by atoms with Crippen LogP contribution < -0.4 is 15.0 Å². The van der Waals surface area contributed by atoms with Gasteiger partial charge in [0.05, 0.1) is 6.61 Å². The van der Waals surface area contributed by atoms with E-state index in [0.29, 0.717) is 35.6 Å². The van der Waals surface area contributed by atoms with E-state index in [2.05, 4.69) is 44.3 Å². The Kier molecular flexibility index (Phi) is 9.59. The molecule has 0 saturated carbocycles. The number of anilines is 3. The Morgan fingerprint density at radius 2 is 1.89 bits per heavy atom. The topological polar surface area (TPSA) is 103 Å². The molecule has 0 bridgehead atoms. The van der Waals surface area contributed by atoms with E-state index in [9.17, 15) is 4.79 Å². The van der Waals surface area contributed by atoms with Gasteiger partial charge < -0.3 is 19.9 Å². The van der Waals surface area contributed by atoms with Crippen LogP contribution in [0.1, 0.15) is 25.1 Å². The number of H-pyrrole nitrogens is 1. The average Bonchev–Trinajstić information content (AvgIpc) is 3.29. The SMILES string of the molecule is CCOc1c(Nc2cc(C)[nH]n2)nc(Sc2ccc(CC(C)=O)cc2)nc1N1CCN(CCN(C)C)CC1. The van der Waals surface area contributed by atoms with Crippen LogP contribution in [-0.4, -0.2) is 95.7 Å². The molecule has 1 saturated heterocycles. The van der Waals surface area contributed by atoms with Gasteiger partial charge in [-0.15, -0.1) is 0 Å². The van der Waals surface area contributed by atoms with Gasteiger partial charge in [-0.2, -0.15) is 5.10 Å². The molecule has 0 aliphatic carbocycles. The van der Waals surface area contributed by atoms with Crippen LogP contribution in [0.2, 0.25) is 0 Å². The van der Waals surface area contributed by atoms with Gasteiger partial charge in [0.15, 0.2) is 22.6 Å². The molecule has 38 heavy (non-hydrogen) atoms. The molecule has 11 heteroatoms. The molecule has 2 N–H and O–H groups in total. The van der Waals surface area contributed by atoms with Crippen molar-refractivity contribution in [3.8, 4) is 5.75 Å². The number of nitrogens with zero attached hydrogens (tertiary/aromatic N) is 6. The zero-order chi connectivity index (χ0) is 27.1. The van der Waals surface area contributed by atoms with Crippen molar-refractivity contribution in [2.75, 3.05) is 70.2 Å². The number of benzene rings is 1. The third-order valence-electron chi connectivity index (χ3n) is 6.19. The number of piperazine rings is 1. The van der Waals surface area contributed by atoms with E-state index in [1.165, 1.54) is 11.8 Å². The van der Waals surface area contributed by atoms with Crippen molar-refractivity contribution in [3.05, 3.63) is 41.6 Å². The minimum absolute atomic E-state index is 0.149. The number of carbonyl (C=O) groups excluding carboxylic acids is 1. The lowest BCUT2D eigenvalue weighted by Crippen LogP contribution is -2.48. The summed E-state index contributed by atoms with van der Waals surface area (Å²) in [5, 5.41) is 11.3. The highest BCUT2D eigenvalue weighted by molar-refractivity contribution is 7.99. The van der Waals surface area contributed by atoms with Gasteiger partial charge >= 0.3 is 0 Å². The van der Waals surface area contributed by atoms with Crippen molar-refractivity contribution in [1.29, 1.82) is 0 Å². The molecule has 3 heterocycles. The van der Waals surface area contributed by atoms with Crippen molar-refractivity contribution < 1.29 is 9.53 Å². The molecule has 1 aliphatic heterocycles. The van der Waals surface area contributed by atoms with Crippen molar-refractivity contribution in [2.24, 2.45) is 0 Å². The second-order valence-electron chi connectivity index (χ2n) is 9.76. The molecule has 0 atom stereocenters. The largest absolute Gasteiger partial charge is 0.487 e. The third kappa shape index (κ3) is 7.68. The second-order valence-corrected chi connectivity index (χ2v) is 10.8. The molecular formula is C27H38N8O2S. The van der Waals surface area contributed by atoms with Crippen molar-refractivity contribution in [3.63, 3.8) is 0 Å². The zero-order valence-electron chi connectivity index (χ0n) is 23.0. The molecule has 1 fully saturated rings. The van der Waals surface area contributed by atoms with Gasteiger partial charge in [0.25, 0.3) is 0 Å². The van der Waals surface area contributed by atoms with Gasteiger partial charge in [-0.3, -0.25) is 14.8 Å². The van der Waals surface area contributed by atoms with E-state index in [1.54, 1.807) is 6.92 Å². The van der Waals surface area contributed by atoms with Gasteiger partial charge in [-0.25, -0.2) is 9.97 Å². The summed E-state index contributed by atoms with van der Waals surface area (Å²) in [6, 6.07) is 9.92. The van der Waals surface area contributed by atoms with Gasteiger partial charge in [0.1, 0.15) is 5.78 Å². The maximum Gasteiger partial charge on any atom is 0.205 e. The van der Waals surface area contributed by atoms with Crippen molar-refractivity contribution in [1.82, 2.24) is 30.0 Å². The minimum atomic E-state index is 0.149. The van der Waals surface area contributed by atoms with Crippen LogP contribution in [0.5, 0.6) is 5.75 Å². The fourth-order valence-electron chi connectivity index (χ4n) is 4.24. The first-order valence-electron chi connectivity index (χ1n) is 13.0. The normalized spacial score (nSPS) is 14.2. The third-order valence-corrected chi connectivity index (χ3v) is 7.06. The number of hydrogen-bond donors (Lipinski definition) is 2. The molecule has 0 spiro atoms. The van der Waals surface area contributed by atoms with Crippen LogP contribution in [0.4, 0.5) is 17.5 Å². The summed E-state index contributed by atoms with van der Waals surface area (Å²) >= 11 is 1.49. The molecule has 2 aromatic heterocycles. The number of ketones is 1. The molecule has 0 unspecified atom stereocenters. The van der Waals surface area contributed by atoms with Crippen LogP contribution in [-0.2, 0) is 11.2 Å². The Hall–Kier alpha value is -3.15. The lowest BCUT2D eigenvalue weighted by Gasteiger charge is -2.36. The van der Waals surface area contributed by atoms with Crippen molar-refractivity contribution >= 4 is 35.0 Å². The second kappa shape index (κ2) is 13.1. The highest BCUT2D eigenvalue weighted by Crippen LogP contribution is 2.38. The number of aromatic nitrogens is 4. The number of hydrogen-bond acceptors (Lipinski definition) is 10. The summed E-state index contributed by atoms with van der Waals surface area (Å²) in [6.45, 7) is 11.8. The van der Waals surface area contributed by atoms with Gasteiger partial charge in [0, 0.05) is 62.3 Å². The number of ether oxygens (including phenoxy) is 1. The van der Waals surface area contributed by atoms with E-state index in [0.717, 1.165) is 61.2 Å². The number of aryl methyl sites for hydroxylation is 1. The molecule has 4 rings (SSSR count). The molecule has 3 aromatic rings. The quantitative estimate of drug-likeness (QED) is 0.333. The van der Waals surface area contributed by atoms with Gasteiger partial charge in [-0.05, 0) is 64.3 Å². The standard InChI is InChI=1S/C27H38N8O2S/c1-6-37-24-25(28-23-17-19(2)31-32-23)29-27(38-22-9-7-21(8-10-22)18-20(3)36)30-26(24)35-15-13-34(14-16-35)12-11-33(4)5/h7-10,17H,6,11-16,18H2,1-5H3,(H2,28,29,30,31,32). The first-order valence-corrected chi connectivity index (χ1v) is 13.8. The maximum atomic E-state index is 11.5. The van der Waals surface area contributed by atoms with Gasteiger partial charge in [0.2, 0.25) is 5.75 Å². The van der Waals surface area contributed by atoms with E-state index < -0.39 is 0 Å². The fraction of sp³-hybridized carbons (Fsp3) is 0.481. The van der Waals surface area contributed by atoms with Crippen LogP contribution in [0.25, 0.3) is 0 Å². The number of Topliss-reactive ketones (excluding diaryl/α,β-unsaturated/α-hetero) is 1. The van der Waals surface area contributed by atoms with E-state index in [1.807, 2.05) is 44.2 Å². The molecule has 1 aliphatic rings. The Balaban J connectivity index is 1.62. The summed E-state index contributed by atoms with van der Waals surface area (Å²) in [5.41, 5.74) is 1.95. The summed E-state index contributed by atoms with van der Waals surface area (Å²) in [7, 11) is 4.22. The summed E-state index contributed by atoms with van der Waals surface area (Å²) in [4.78, 5) is 29.3. The van der Waals surface area contributed by atoms with Crippen LogP contribution in [0.15, 0.2) is 40.4 Å². The Labute approximate surface area is 229 Å². The lowest BCUT2D eigenvalue weighted by atomic mass is 10.1. The molecule has 204 valence electrons. The summed E-state index contributed by atoms with van der Waals surface area (Å²) in [6.07, 6.45) is 0.437. The highest BCUT2D eigenvalue weighted by atomic mass is 32.2. The first-order chi connectivity index (χ1) is 18.3. The molecular weight excluding hydrogens is 500 g/mol. The van der Waals surface area contributed by atoms with E-state index in [-0.39, 0.29) is 5.78 Å². The van der Waals surface area contributed by atoms with Crippen LogP contribution >= 0.6 is 11.8 Å². The van der Waals surface area contributed by atoms with E-state index >= 15 is 0 Å². The average molecular weight is 539 g/mol. The monoisotopic (exact) mass is 538 g/mol. The minimum Gasteiger partial charge on any atom is -0.487 e. The predicted molar refractivity (Wildman–Crippen MR) is 152 cm³/mol. The highest BCUT2D eigenvalue weighted by Gasteiger charge is 2.25. The van der Waals surface area contributed by atoms with Crippen LogP contribution in [0, 0.1) is 6.92 Å². The smallest absolute Gasteiger partial charge is 0.205 e. The first kappa shape index (κ1) is 27.9. The fourth-order valence-corrected chi connectivity index (χ4v) is 4.99. The predicted octanol–water partition coefficient (Wildman–Crippen LogP) is 3.62. The number of likely N-dealkylation sites (N-methyl/N-ethyl adjacent to an activating group) is 1. The lowest BCUT2D eigenvalue weighted by molar-refractivity contribution is -0.116. The van der Waals surface area contributed by atoms with E-state index in [4.69, 9.17) is 14.7 Å². The Morgan fingerprint density at radius 3 is 2.50 bits per heavy atom. The summed E-state index contributed by atoms with van der Waals surface area (Å²) in [5.74, 6) is 2.84.